The van der Waals surface area contributed by atoms with Crippen molar-refractivity contribution in [3.8, 4) is 11.4 Å². The predicted octanol–water partition coefficient (Wildman–Crippen LogP) is 1.74. The van der Waals surface area contributed by atoms with Crippen LogP contribution in [0, 0.1) is 0 Å². The van der Waals surface area contributed by atoms with Gasteiger partial charge in [-0.25, -0.2) is 0 Å². The van der Waals surface area contributed by atoms with Gasteiger partial charge in [-0.1, -0.05) is 0 Å². The molecule has 0 spiro atoms. The van der Waals surface area contributed by atoms with Crippen molar-refractivity contribution >= 4 is 15.9 Å². The van der Waals surface area contributed by atoms with E-state index in [4.69, 9.17) is 0 Å². The second kappa shape index (κ2) is 3.18. The van der Waals surface area contributed by atoms with Gasteiger partial charge in [0.15, 0.2) is 0 Å². The van der Waals surface area contributed by atoms with Gasteiger partial charge in [-0.05, 0) is 28.1 Å². The van der Waals surface area contributed by atoms with E-state index in [1.54, 1.807) is 35.4 Å². The van der Waals surface area contributed by atoms with Crippen LogP contribution in [0.3, 0.4) is 0 Å². The van der Waals surface area contributed by atoms with Gasteiger partial charge in [-0.15, -0.1) is 10.2 Å². The topological polar surface area (TPSA) is 50.9 Å². The first-order chi connectivity index (χ1) is 6.27. The summed E-state index contributed by atoms with van der Waals surface area (Å²) in [5.74, 6) is 0.215. The van der Waals surface area contributed by atoms with Gasteiger partial charge >= 0.3 is 0 Å². The Balaban J connectivity index is 2.57. The molecule has 1 aromatic carbocycles. The number of halogens is 1. The molecule has 2 rings (SSSR count). The molecule has 0 saturated carbocycles. The van der Waals surface area contributed by atoms with Crippen LogP contribution >= 0.6 is 15.9 Å². The molecule has 0 radical (unpaired) electrons. The molecule has 0 amide bonds. The molecule has 0 aliphatic carbocycles. The van der Waals surface area contributed by atoms with Crippen molar-refractivity contribution in [2.75, 3.05) is 0 Å². The van der Waals surface area contributed by atoms with E-state index in [0.717, 1.165) is 10.2 Å². The van der Waals surface area contributed by atoms with Gasteiger partial charge in [0.2, 0.25) is 0 Å². The second-order valence-corrected chi connectivity index (χ2v) is 3.36. The zero-order chi connectivity index (χ0) is 9.26. The van der Waals surface area contributed by atoms with Gasteiger partial charge in [0.25, 0.3) is 0 Å². The van der Waals surface area contributed by atoms with E-state index in [2.05, 4.69) is 26.1 Å². The lowest BCUT2D eigenvalue weighted by Crippen LogP contribution is -1.90. The summed E-state index contributed by atoms with van der Waals surface area (Å²) in [6, 6.07) is 5.01. The highest BCUT2D eigenvalue weighted by atomic mass is 79.9. The van der Waals surface area contributed by atoms with Gasteiger partial charge in [-0.3, -0.25) is 4.57 Å². The first-order valence-corrected chi connectivity index (χ1v) is 4.40. The molecular weight excluding hydrogens is 234 g/mol. The molecule has 0 aliphatic rings. The number of benzene rings is 1. The third-order valence-corrected chi connectivity index (χ3v) is 2.30. The molecule has 0 aliphatic heterocycles. The fourth-order valence-electron chi connectivity index (χ4n) is 1.02. The second-order valence-electron chi connectivity index (χ2n) is 2.50. The highest BCUT2D eigenvalue weighted by Crippen LogP contribution is 2.24. The maximum atomic E-state index is 9.26. The van der Waals surface area contributed by atoms with Crippen molar-refractivity contribution < 1.29 is 5.11 Å². The van der Waals surface area contributed by atoms with Crippen LogP contribution in [0.4, 0.5) is 0 Å². The Bertz CT molecular complexity index is 413. The molecule has 1 aromatic heterocycles. The van der Waals surface area contributed by atoms with Crippen LogP contribution in [0.5, 0.6) is 5.75 Å². The fourth-order valence-corrected chi connectivity index (χ4v) is 1.48. The number of hydrogen-bond acceptors (Lipinski definition) is 3. The molecule has 5 heteroatoms. The van der Waals surface area contributed by atoms with Crippen LogP contribution in [0.1, 0.15) is 0 Å². The molecule has 0 fully saturated rings. The summed E-state index contributed by atoms with van der Waals surface area (Å²) < 4.78 is 2.59. The number of rotatable bonds is 1. The zero-order valence-electron chi connectivity index (χ0n) is 6.55. The van der Waals surface area contributed by atoms with Crippen molar-refractivity contribution in [3.63, 3.8) is 0 Å². The largest absolute Gasteiger partial charge is 0.508 e. The number of hydrogen-bond donors (Lipinski definition) is 1. The van der Waals surface area contributed by atoms with Crippen LogP contribution in [-0.4, -0.2) is 19.9 Å². The summed E-state index contributed by atoms with van der Waals surface area (Å²) >= 11 is 3.36. The number of aromatic hydroxyl groups is 1. The van der Waals surface area contributed by atoms with E-state index < -0.39 is 0 Å². The first-order valence-electron chi connectivity index (χ1n) is 3.61. The van der Waals surface area contributed by atoms with E-state index in [1.807, 2.05) is 0 Å². The molecular formula is C8H6BrN3O. The SMILES string of the molecule is Oc1ccc(Br)c(-n2cnnc2)c1. The summed E-state index contributed by atoms with van der Waals surface area (Å²) in [7, 11) is 0. The van der Waals surface area contributed by atoms with Crippen LogP contribution in [-0.2, 0) is 0 Å². The van der Waals surface area contributed by atoms with Gasteiger partial charge in [0, 0.05) is 10.5 Å². The minimum absolute atomic E-state index is 0.215. The maximum Gasteiger partial charge on any atom is 0.123 e. The molecule has 0 bridgehead atoms. The highest BCUT2D eigenvalue weighted by molar-refractivity contribution is 9.10. The van der Waals surface area contributed by atoms with Crippen molar-refractivity contribution in [1.82, 2.24) is 14.8 Å². The van der Waals surface area contributed by atoms with Crippen molar-refractivity contribution in [1.29, 1.82) is 0 Å². The van der Waals surface area contributed by atoms with E-state index in [1.165, 1.54) is 0 Å². The molecule has 0 saturated heterocycles. The minimum atomic E-state index is 0.215. The van der Waals surface area contributed by atoms with Crippen molar-refractivity contribution in [2.45, 2.75) is 0 Å². The molecule has 13 heavy (non-hydrogen) atoms. The Morgan fingerprint density at radius 1 is 1.23 bits per heavy atom. The lowest BCUT2D eigenvalue weighted by molar-refractivity contribution is 0.475. The normalized spacial score (nSPS) is 10.2. The third kappa shape index (κ3) is 1.55. The molecule has 1 N–H and O–H groups in total. The molecule has 66 valence electrons. The molecule has 1 heterocycles. The summed E-state index contributed by atoms with van der Waals surface area (Å²) in [6.45, 7) is 0. The predicted molar refractivity (Wildman–Crippen MR) is 50.7 cm³/mol. The number of aromatic nitrogens is 3. The monoisotopic (exact) mass is 239 g/mol. The molecule has 0 atom stereocenters. The average molecular weight is 240 g/mol. The lowest BCUT2D eigenvalue weighted by Gasteiger charge is -2.03. The number of phenolic OH excluding ortho intramolecular Hbond substituents is 1. The lowest BCUT2D eigenvalue weighted by atomic mass is 10.3. The summed E-state index contributed by atoms with van der Waals surface area (Å²) in [4.78, 5) is 0. The van der Waals surface area contributed by atoms with Gasteiger partial charge in [0.05, 0.1) is 5.69 Å². The van der Waals surface area contributed by atoms with E-state index in [9.17, 15) is 5.11 Å². The quantitative estimate of drug-likeness (QED) is 0.825. The number of phenols is 1. The molecule has 4 nitrogen and oxygen atoms in total. The van der Waals surface area contributed by atoms with Gasteiger partial charge < -0.3 is 5.11 Å². The maximum absolute atomic E-state index is 9.26. The highest BCUT2D eigenvalue weighted by Gasteiger charge is 2.02. The van der Waals surface area contributed by atoms with Crippen LogP contribution in [0.15, 0.2) is 35.3 Å². The Morgan fingerprint density at radius 3 is 2.62 bits per heavy atom. The smallest absolute Gasteiger partial charge is 0.123 e. The van der Waals surface area contributed by atoms with Gasteiger partial charge in [-0.2, -0.15) is 0 Å². The van der Waals surface area contributed by atoms with E-state index >= 15 is 0 Å². The van der Waals surface area contributed by atoms with Crippen molar-refractivity contribution in [2.24, 2.45) is 0 Å². The summed E-state index contributed by atoms with van der Waals surface area (Å²) in [5.41, 5.74) is 0.810. The summed E-state index contributed by atoms with van der Waals surface area (Å²) in [5, 5.41) is 16.6. The molecule has 0 unspecified atom stereocenters. The number of nitrogens with zero attached hydrogens (tertiary/aromatic N) is 3. The Kier molecular flexibility index (Phi) is 2.02. The van der Waals surface area contributed by atoms with Crippen molar-refractivity contribution in [3.05, 3.63) is 35.3 Å². The third-order valence-electron chi connectivity index (χ3n) is 1.63. The fraction of sp³-hybridized carbons (Fsp3) is 0. The van der Waals surface area contributed by atoms with Crippen LogP contribution in [0.2, 0.25) is 0 Å². The molecule has 2 aromatic rings. The Labute approximate surface area is 83.0 Å². The summed E-state index contributed by atoms with van der Waals surface area (Å²) in [6.07, 6.45) is 3.14. The first kappa shape index (κ1) is 8.25. The van der Waals surface area contributed by atoms with E-state index in [-0.39, 0.29) is 5.75 Å². The standard InChI is InChI=1S/C8H6BrN3O/c9-7-2-1-6(13)3-8(7)12-4-10-11-5-12/h1-5,13H. The zero-order valence-corrected chi connectivity index (χ0v) is 8.14. The van der Waals surface area contributed by atoms with Crippen LogP contribution in [0.25, 0.3) is 5.69 Å². The minimum Gasteiger partial charge on any atom is -0.508 e. The van der Waals surface area contributed by atoms with E-state index in [0.29, 0.717) is 0 Å². The van der Waals surface area contributed by atoms with Gasteiger partial charge in [0.1, 0.15) is 18.4 Å². The Morgan fingerprint density at radius 2 is 1.92 bits per heavy atom. The Hall–Kier alpha value is -1.36. The van der Waals surface area contributed by atoms with Crippen LogP contribution < -0.4 is 0 Å². The average Bonchev–Trinajstić information content (AvgIpc) is 2.61.